The minimum absolute atomic E-state index is 0. The first-order chi connectivity index (χ1) is 0. The van der Waals surface area contributed by atoms with Gasteiger partial charge in [0.25, 0.3) is 0 Å². The normalized spacial score (nSPS) is 0. The molecule has 0 saturated heterocycles. The van der Waals surface area contributed by atoms with Crippen molar-refractivity contribution in [3.8, 4) is 0 Å². The Hall–Kier alpha value is 1.32. The van der Waals surface area contributed by atoms with Crippen LogP contribution in [0.15, 0.2) is 0 Å². The molecule has 4 heavy (non-hydrogen) atoms. The number of hydrogen-bond donors (Lipinski definition) is 0. The summed E-state index contributed by atoms with van der Waals surface area (Å²) in [5.41, 5.74) is 0. The third-order valence-electron chi connectivity index (χ3n) is 0. The van der Waals surface area contributed by atoms with Gasteiger partial charge >= 0.3 is 0 Å². The molecule has 0 nitrogen and oxygen atoms in total. The summed E-state index contributed by atoms with van der Waals surface area (Å²) in [5, 5.41) is 0. The van der Waals surface area contributed by atoms with Gasteiger partial charge in [0.05, 0.1) is 0 Å². The molecule has 3 heteroatoms. The van der Waals surface area contributed by atoms with Crippen LogP contribution in [-0.2, 0) is 0 Å². The van der Waals surface area contributed by atoms with E-state index in [2.05, 4.69) is 0 Å². The van der Waals surface area contributed by atoms with Gasteiger partial charge in [0.1, 0.15) is 0 Å². The first-order valence-electron chi connectivity index (χ1n) is 0. The van der Waals surface area contributed by atoms with Crippen LogP contribution < -0.4 is 0 Å². The predicted molar refractivity (Wildman–Crippen MR) is 20.5 cm³/mol. The van der Waals surface area contributed by atoms with E-state index in [1.54, 1.807) is 0 Å². The molecule has 0 aliphatic rings. The molecule has 0 bridgehead atoms. The fourth-order valence-corrected chi connectivity index (χ4v) is 0. The molecule has 0 atom stereocenters. The van der Waals surface area contributed by atoms with Crippen molar-refractivity contribution in [3.63, 3.8) is 0 Å². The monoisotopic (exact) mass is 189 g/mol. The minimum Gasteiger partial charge on any atom is 0 e. The Morgan fingerprint density at radius 1 is 1.00 bits per heavy atom. The third-order valence-corrected chi connectivity index (χ3v) is 0. The summed E-state index contributed by atoms with van der Waals surface area (Å²) in [6.45, 7) is 0. The van der Waals surface area contributed by atoms with E-state index in [9.17, 15) is 0 Å². The molecular weight excluding hydrogens is 188 g/mol. The SMILES string of the molecule is [As].[C].[Ge].[Si]. The second-order valence-electron chi connectivity index (χ2n) is 0. The van der Waals surface area contributed by atoms with E-state index in [-0.39, 0.29) is 53.9 Å². The van der Waals surface area contributed by atoms with E-state index >= 15 is 0 Å². The summed E-state index contributed by atoms with van der Waals surface area (Å²) < 4.78 is 0. The first kappa shape index (κ1) is 57.1. The van der Waals surface area contributed by atoms with Crippen molar-refractivity contribution in [2.75, 3.05) is 0 Å². The van der Waals surface area contributed by atoms with E-state index in [0.29, 0.717) is 0 Å². The van der Waals surface area contributed by atoms with Gasteiger partial charge in [-0.05, 0) is 0 Å². The van der Waals surface area contributed by atoms with Crippen LogP contribution in [0.2, 0.25) is 0 Å². The van der Waals surface area contributed by atoms with E-state index in [1.165, 1.54) is 0 Å². The predicted octanol–water partition coefficient (Wildman–Crippen LogP) is -1.06. The average molecular weight is 188 g/mol. The van der Waals surface area contributed by atoms with Crippen LogP contribution in [0.3, 0.4) is 0 Å². The van der Waals surface area contributed by atoms with Crippen molar-refractivity contribution in [1.82, 2.24) is 0 Å². The van der Waals surface area contributed by atoms with Crippen molar-refractivity contribution < 1.29 is 0 Å². The number of rotatable bonds is 0. The summed E-state index contributed by atoms with van der Waals surface area (Å²) in [4.78, 5) is 0. The van der Waals surface area contributed by atoms with Gasteiger partial charge in [-0.3, -0.25) is 0 Å². The minimum atomic E-state index is 0. The average Bonchev–Trinajstić information content (AvgIpc) is 0. The standard InChI is InChI=1S/C.As.Ge.Si. The zero-order chi connectivity index (χ0) is 0. The van der Waals surface area contributed by atoms with Crippen LogP contribution in [0.5, 0.6) is 0 Å². The Bertz CT molecular complexity index is 8.00. The largest absolute Gasteiger partial charge is 0 e. The van der Waals surface area contributed by atoms with E-state index in [1.807, 2.05) is 0 Å². The maximum absolute atomic E-state index is 0. The molecule has 0 aliphatic heterocycles. The molecule has 0 heterocycles. The van der Waals surface area contributed by atoms with Crippen molar-refractivity contribution >= 4 is 46.5 Å². The Kier molecular flexibility index (Phi) is 390. The van der Waals surface area contributed by atoms with E-state index in [0.717, 1.165) is 0 Å². The van der Waals surface area contributed by atoms with Gasteiger partial charge in [-0.25, -0.2) is 0 Å². The quantitative estimate of drug-likeness (QED) is 0.424. The smallest absolute Gasteiger partial charge is 0 e. The van der Waals surface area contributed by atoms with Gasteiger partial charge in [-0.15, -0.1) is 0 Å². The van der Waals surface area contributed by atoms with Crippen LogP contribution in [-0.4, -0.2) is 46.5 Å². The summed E-state index contributed by atoms with van der Waals surface area (Å²) in [5.74, 6) is 0. The van der Waals surface area contributed by atoms with Gasteiger partial charge < -0.3 is 0 Å². The van der Waals surface area contributed by atoms with Crippen molar-refractivity contribution in [2.45, 2.75) is 0 Å². The topological polar surface area (TPSA) is 0 Å². The Morgan fingerprint density at radius 2 is 1.00 bits per heavy atom. The van der Waals surface area contributed by atoms with Crippen LogP contribution in [0.4, 0.5) is 0 Å². The van der Waals surface area contributed by atoms with Crippen LogP contribution in [0.1, 0.15) is 0 Å². The molecule has 0 aromatic rings. The molecule has 15 radical (unpaired) electrons. The first-order valence-corrected chi connectivity index (χ1v) is 0. The Morgan fingerprint density at radius 3 is 1.00 bits per heavy atom. The van der Waals surface area contributed by atoms with Gasteiger partial charge in [0, 0.05) is 53.9 Å². The van der Waals surface area contributed by atoms with Crippen molar-refractivity contribution in [3.05, 3.63) is 7.43 Å². The molecule has 0 aromatic carbocycles. The fourth-order valence-electron chi connectivity index (χ4n) is 0. The molecule has 0 rings (SSSR count). The van der Waals surface area contributed by atoms with Gasteiger partial charge in [-0.2, -0.15) is 0 Å². The van der Waals surface area contributed by atoms with Gasteiger partial charge in [-0.1, -0.05) is 0 Å². The molecule has 0 aromatic heterocycles. The Balaban J connectivity index is 0. The van der Waals surface area contributed by atoms with Crippen LogP contribution >= 0.6 is 0 Å². The Labute approximate surface area is 54.0 Å². The summed E-state index contributed by atoms with van der Waals surface area (Å²) in [6.07, 6.45) is 0. The molecule has 0 amide bonds. The van der Waals surface area contributed by atoms with Crippen LogP contribution in [0.25, 0.3) is 0 Å². The fraction of sp³-hybridized carbons (Fsp3) is 0. The van der Waals surface area contributed by atoms with E-state index in [4.69, 9.17) is 0 Å². The summed E-state index contributed by atoms with van der Waals surface area (Å²) in [7, 11) is 0. The molecule has 0 spiro atoms. The van der Waals surface area contributed by atoms with Crippen molar-refractivity contribution in [1.29, 1.82) is 0 Å². The molecule has 0 N–H and O–H groups in total. The molecule has 0 aliphatic carbocycles. The van der Waals surface area contributed by atoms with E-state index < -0.39 is 0 Å². The maximum atomic E-state index is 0. The van der Waals surface area contributed by atoms with Gasteiger partial charge in [0.2, 0.25) is 0 Å². The van der Waals surface area contributed by atoms with Crippen molar-refractivity contribution in [2.24, 2.45) is 0 Å². The number of hydrogen-bond acceptors (Lipinski definition) is 0. The second kappa shape index (κ2) is 27.4. The molecular formula is CAsGeSi. The molecule has 0 unspecified atom stereocenters. The summed E-state index contributed by atoms with van der Waals surface area (Å²) >= 11 is 0. The maximum Gasteiger partial charge on any atom is 0 e. The van der Waals surface area contributed by atoms with Crippen LogP contribution in [0, 0.1) is 7.43 Å². The molecule has 17 valence electrons. The molecule has 0 saturated carbocycles. The second-order valence-corrected chi connectivity index (χ2v) is 0. The summed E-state index contributed by atoms with van der Waals surface area (Å²) in [6, 6.07) is 0. The zero-order valence-electron chi connectivity index (χ0n) is 1.95. The third kappa shape index (κ3) is 10.3. The molecule has 0 fully saturated rings. The zero-order valence-corrected chi connectivity index (χ0v) is 6.92. The van der Waals surface area contributed by atoms with Gasteiger partial charge in [0.15, 0.2) is 0 Å².